The number of hydrogen-bond acceptors (Lipinski definition) is 8. The van der Waals surface area contributed by atoms with Crippen LogP contribution in [0, 0.1) is 0 Å². The number of primary amides is 1. The monoisotopic (exact) mass is 514 g/mol. The van der Waals surface area contributed by atoms with Crippen LogP contribution in [0.5, 0.6) is 0 Å². The number of nitrogens with one attached hydrogen (secondary N) is 2. The summed E-state index contributed by atoms with van der Waals surface area (Å²) in [5.74, 6) is 0.242. The lowest BCUT2D eigenvalue weighted by molar-refractivity contribution is 0.0787. The number of pyridine rings is 1. The van der Waals surface area contributed by atoms with Gasteiger partial charge in [0.05, 0.1) is 25.7 Å². The lowest BCUT2D eigenvalue weighted by Crippen LogP contribution is -2.26. The largest absolute Gasteiger partial charge is 0.446 e. The van der Waals surface area contributed by atoms with Gasteiger partial charge in [-0.25, -0.2) is 18.2 Å². The lowest BCUT2D eigenvalue weighted by atomic mass is 9.88. The predicted molar refractivity (Wildman–Crippen MR) is 134 cm³/mol. The fourth-order valence-electron chi connectivity index (χ4n) is 4.44. The van der Waals surface area contributed by atoms with Gasteiger partial charge < -0.3 is 20.8 Å². The number of aromatic nitrogens is 2. The van der Waals surface area contributed by atoms with Crippen molar-refractivity contribution in [2.24, 2.45) is 5.73 Å². The third kappa shape index (κ3) is 5.25. The molecular formula is C24H26N4O5S2. The molecule has 0 spiro atoms. The van der Waals surface area contributed by atoms with E-state index in [-0.39, 0.29) is 22.8 Å². The molecule has 2 saturated carbocycles. The van der Waals surface area contributed by atoms with Crippen LogP contribution in [0.15, 0.2) is 52.4 Å². The zero-order valence-electron chi connectivity index (χ0n) is 18.9. The normalized spacial score (nSPS) is 20.3. The maximum Gasteiger partial charge on any atom is 0.404 e. The molecule has 2 aliphatic carbocycles. The molecule has 0 aliphatic heterocycles. The second-order valence-corrected chi connectivity index (χ2v) is 12.3. The predicted octanol–water partition coefficient (Wildman–Crippen LogP) is 4.30. The fourth-order valence-corrected chi connectivity index (χ4v) is 7.53. The first-order chi connectivity index (χ1) is 16.8. The molecule has 4 N–H and O–H groups in total. The maximum absolute atomic E-state index is 13.3. The minimum atomic E-state index is -3.48. The number of amides is 1. The first kappa shape index (κ1) is 23.6. The zero-order chi connectivity index (χ0) is 24.6. The van der Waals surface area contributed by atoms with Gasteiger partial charge in [-0.15, -0.1) is 11.3 Å². The number of H-pyrrole nitrogens is 1. The van der Waals surface area contributed by atoms with Crippen LogP contribution < -0.4 is 16.6 Å². The van der Waals surface area contributed by atoms with Crippen molar-refractivity contribution >= 4 is 38.6 Å². The highest BCUT2D eigenvalue weighted by Gasteiger charge is 2.38. The number of ether oxygens (including phenoxy) is 1. The van der Waals surface area contributed by atoms with E-state index in [0.717, 1.165) is 35.6 Å². The molecule has 5 rings (SSSR count). The van der Waals surface area contributed by atoms with Crippen LogP contribution in [0.4, 0.5) is 16.2 Å². The second-order valence-electron chi connectivity index (χ2n) is 9.00. The maximum atomic E-state index is 13.3. The average molecular weight is 515 g/mol. The van der Waals surface area contributed by atoms with E-state index in [2.05, 4.69) is 15.3 Å². The number of hydrogen-bond donors (Lipinski definition) is 3. The Morgan fingerprint density at radius 2 is 1.83 bits per heavy atom. The van der Waals surface area contributed by atoms with Crippen LogP contribution in [0.25, 0.3) is 10.4 Å². The van der Waals surface area contributed by atoms with Crippen LogP contribution in [-0.4, -0.2) is 35.8 Å². The Balaban J connectivity index is 1.41. The number of carbonyl (C=O) groups is 1. The lowest BCUT2D eigenvalue weighted by Gasteiger charge is -2.26. The molecular weight excluding hydrogens is 488 g/mol. The second kappa shape index (κ2) is 9.46. The van der Waals surface area contributed by atoms with Crippen molar-refractivity contribution in [1.29, 1.82) is 0 Å². The summed E-state index contributed by atoms with van der Waals surface area (Å²) < 4.78 is 31.8. The van der Waals surface area contributed by atoms with Gasteiger partial charge in [-0.3, -0.25) is 4.79 Å². The number of benzene rings is 1. The van der Waals surface area contributed by atoms with Gasteiger partial charge in [0.15, 0.2) is 9.84 Å². The number of thiazole rings is 1. The third-order valence-electron chi connectivity index (χ3n) is 6.42. The highest BCUT2D eigenvalue weighted by molar-refractivity contribution is 7.92. The number of rotatable bonds is 7. The Bertz CT molecular complexity index is 1380. The van der Waals surface area contributed by atoms with Crippen LogP contribution in [-0.2, 0) is 14.6 Å². The van der Waals surface area contributed by atoms with Gasteiger partial charge in [0.25, 0.3) is 0 Å². The first-order valence-electron chi connectivity index (χ1n) is 11.6. The Kier molecular flexibility index (Phi) is 6.37. The molecule has 9 nitrogen and oxygen atoms in total. The summed E-state index contributed by atoms with van der Waals surface area (Å²) in [5.41, 5.74) is 6.85. The Morgan fingerprint density at radius 3 is 2.49 bits per heavy atom. The standard InChI is InChI=1S/C24H26N4O5S2/c25-24(30)33-17-5-1-14(2-6-17)23-27-13-20(34-23)19-9-3-15(28-16-4-10-22(29)26-12-16)11-21(19)35(31,32)18-7-8-18/h3-4,9-14,17-18,28H,1-2,5-8H2,(H2,25,30)(H,26,29). The van der Waals surface area contributed by atoms with E-state index in [4.69, 9.17) is 10.5 Å². The van der Waals surface area contributed by atoms with Gasteiger partial charge in [0.1, 0.15) is 6.10 Å². The molecule has 0 unspecified atom stereocenters. The SMILES string of the molecule is NC(=O)OC1CCC(c2ncc(-c3ccc(Nc4ccc(=O)[nH]c4)cc3S(=O)(=O)C3CC3)s2)CC1. The van der Waals surface area contributed by atoms with Crippen molar-refractivity contribution in [1.82, 2.24) is 9.97 Å². The highest BCUT2D eigenvalue weighted by Crippen LogP contribution is 2.43. The van der Waals surface area contributed by atoms with Gasteiger partial charge in [-0.05, 0) is 56.7 Å². The van der Waals surface area contributed by atoms with E-state index in [1.54, 1.807) is 24.5 Å². The molecule has 184 valence electrons. The number of sulfone groups is 1. The molecule has 11 heteroatoms. The van der Waals surface area contributed by atoms with Crippen molar-refractivity contribution in [3.05, 3.63) is 58.1 Å². The molecule has 3 aromatic rings. The van der Waals surface area contributed by atoms with Crippen molar-refractivity contribution in [2.75, 3.05) is 5.32 Å². The molecule has 0 atom stereocenters. The van der Waals surface area contributed by atoms with Crippen LogP contribution in [0.3, 0.4) is 0 Å². The average Bonchev–Trinajstić information content (AvgIpc) is 3.59. The van der Waals surface area contributed by atoms with E-state index in [9.17, 15) is 18.0 Å². The van der Waals surface area contributed by atoms with E-state index in [0.29, 0.717) is 34.7 Å². The molecule has 2 fully saturated rings. The molecule has 0 bridgehead atoms. The summed E-state index contributed by atoms with van der Waals surface area (Å²) in [5, 5.41) is 3.78. The number of nitrogens with two attached hydrogens (primary N) is 1. The Morgan fingerprint density at radius 1 is 1.09 bits per heavy atom. The van der Waals surface area contributed by atoms with Gasteiger partial charge in [0.2, 0.25) is 5.56 Å². The van der Waals surface area contributed by atoms with Crippen molar-refractivity contribution in [3.8, 4) is 10.4 Å². The summed E-state index contributed by atoms with van der Waals surface area (Å²) in [7, 11) is -3.48. The third-order valence-corrected chi connectivity index (χ3v) is 9.91. The summed E-state index contributed by atoms with van der Waals surface area (Å²) in [6.07, 6.45) is 6.87. The number of anilines is 2. The van der Waals surface area contributed by atoms with Crippen LogP contribution in [0.2, 0.25) is 0 Å². The van der Waals surface area contributed by atoms with E-state index in [1.807, 2.05) is 12.1 Å². The number of aromatic amines is 1. The molecule has 2 aromatic heterocycles. The molecule has 35 heavy (non-hydrogen) atoms. The smallest absolute Gasteiger partial charge is 0.404 e. The van der Waals surface area contributed by atoms with Gasteiger partial charge >= 0.3 is 6.09 Å². The quantitative estimate of drug-likeness (QED) is 0.426. The summed E-state index contributed by atoms with van der Waals surface area (Å²) in [4.78, 5) is 30.7. The molecule has 1 amide bonds. The van der Waals surface area contributed by atoms with Crippen molar-refractivity contribution < 1.29 is 17.9 Å². The molecule has 2 aliphatic rings. The van der Waals surface area contributed by atoms with Gasteiger partial charge in [0, 0.05) is 35.6 Å². The zero-order valence-corrected chi connectivity index (χ0v) is 20.5. The Hall–Kier alpha value is -3.18. The number of carbonyl (C=O) groups excluding carboxylic acids is 1. The number of nitrogens with zero attached hydrogens (tertiary/aromatic N) is 1. The van der Waals surface area contributed by atoms with Gasteiger partial charge in [-0.1, -0.05) is 6.07 Å². The molecule has 1 aromatic carbocycles. The summed E-state index contributed by atoms with van der Waals surface area (Å²) >= 11 is 1.51. The molecule has 2 heterocycles. The summed E-state index contributed by atoms with van der Waals surface area (Å²) in [6.45, 7) is 0. The van der Waals surface area contributed by atoms with E-state index < -0.39 is 15.9 Å². The fraction of sp³-hybridized carbons (Fsp3) is 0.375. The molecule has 0 radical (unpaired) electrons. The Labute approximate surface area is 206 Å². The van der Waals surface area contributed by atoms with Crippen LogP contribution in [0.1, 0.15) is 49.5 Å². The van der Waals surface area contributed by atoms with E-state index in [1.165, 1.54) is 17.4 Å². The minimum absolute atomic E-state index is 0.152. The minimum Gasteiger partial charge on any atom is -0.446 e. The van der Waals surface area contributed by atoms with Crippen molar-refractivity contribution in [2.45, 2.75) is 60.7 Å². The molecule has 0 saturated heterocycles. The van der Waals surface area contributed by atoms with Gasteiger partial charge in [-0.2, -0.15) is 0 Å². The van der Waals surface area contributed by atoms with Crippen LogP contribution >= 0.6 is 11.3 Å². The first-order valence-corrected chi connectivity index (χ1v) is 13.9. The summed E-state index contributed by atoms with van der Waals surface area (Å²) in [6, 6.07) is 8.36. The topological polar surface area (TPSA) is 144 Å². The van der Waals surface area contributed by atoms with E-state index >= 15 is 0 Å². The highest BCUT2D eigenvalue weighted by atomic mass is 32.2. The van der Waals surface area contributed by atoms with Crippen molar-refractivity contribution in [3.63, 3.8) is 0 Å².